The first-order chi connectivity index (χ1) is 4.27. The fourth-order valence-electron chi connectivity index (χ4n) is 0.837. The average Bonchev–Trinajstić information content (AvgIpc) is 1.90. The molecule has 0 unspecified atom stereocenters. The highest BCUT2D eigenvalue weighted by atomic mass is 16.7. The maximum atomic E-state index is 5.33. The first kappa shape index (κ1) is 6.99. The SMILES string of the molecule is CO[C@]1(C)CNCCO1. The van der Waals surface area contributed by atoms with E-state index in [2.05, 4.69) is 5.32 Å². The van der Waals surface area contributed by atoms with Crippen LogP contribution in [0.15, 0.2) is 0 Å². The molecule has 1 rings (SSSR count). The van der Waals surface area contributed by atoms with E-state index in [1.54, 1.807) is 7.11 Å². The zero-order valence-electron chi connectivity index (χ0n) is 5.94. The van der Waals surface area contributed by atoms with E-state index in [1.165, 1.54) is 0 Å². The third-order valence-corrected chi connectivity index (χ3v) is 1.56. The fourth-order valence-corrected chi connectivity index (χ4v) is 0.837. The minimum absolute atomic E-state index is 0.391. The van der Waals surface area contributed by atoms with Crippen LogP contribution in [0, 0.1) is 0 Å². The maximum absolute atomic E-state index is 5.33. The molecule has 1 fully saturated rings. The highest BCUT2D eigenvalue weighted by Crippen LogP contribution is 2.11. The maximum Gasteiger partial charge on any atom is 0.177 e. The summed E-state index contributed by atoms with van der Waals surface area (Å²) in [5.41, 5.74) is 0. The van der Waals surface area contributed by atoms with E-state index in [-0.39, 0.29) is 0 Å². The molecule has 0 bridgehead atoms. The van der Waals surface area contributed by atoms with Gasteiger partial charge >= 0.3 is 0 Å². The van der Waals surface area contributed by atoms with E-state index in [1.807, 2.05) is 6.92 Å². The predicted molar refractivity (Wildman–Crippen MR) is 34.2 cm³/mol. The number of morpholine rings is 1. The summed E-state index contributed by atoms with van der Waals surface area (Å²) in [6, 6.07) is 0. The lowest BCUT2D eigenvalue weighted by Gasteiger charge is -2.32. The Morgan fingerprint density at radius 3 is 2.78 bits per heavy atom. The Bertz CT molecular complexity index is 89.1. The molecule has 1 saturated heterocycles. The lowest BCUT2D eigenvalue weighted by atomic mass is 10.3. The molecule has 3 nitrogen and oxygen atoms in total. The van der Waals surface area contributed by atoms with Crippen LogP contribution in [0.1, 0.15) is 6.92 Å². The molecule has 3 heteroatoms. The summed E-state index contributed by atoms with van der Waals surface area (Å²) in [5, 5.41) is 3.18. The molecule has 54 valence electrons. The second-order valence-corrected chi connectivity index (χ2v) is 2.36. The highest BCUT2D eigenvalue weighted by molar-refractivity contribution is 4.70. The van der Waals surface area contributed by atoms with Gasteiger partial charge in [0.15, 0.2) is 5.79 Å². The van der Waals surface area contributed by atoms with Crippen molar-refractivity contribution in [3.8, 4) is 0 Å². The Morgan fingerprint density at radius 1 is 1.67 bits per heavy atom. The summed E-state index contributed by atoms with van der Waals surface area (Å²) < 4.78 is 10.4. The molecule has 0 aromatic heterocycles. The smallest absolute Gasteiger partial charge is 0.177 e. The molecule has 0 aliphatic carbocycles. The van der Waals surface area contributed by atoms with E-state index in [9.17, 15) is 0 Å². The average molecular weight is 131 g/mol. The summed E-state index contributed by atoms with van der Waals surface area (Å²) in [6.07, 6.45) is 0. The molecular weight excluding hydrogens is 118 g/mol. The van der Waals surface area contributed by atoms with E-state index in [4.69, 9.17) is 9.47 Å². The lowest BCUT2D eigenvalue weighted by Crippen LogP contribution is -2.48. The number of hydrogen-bond acceptors (Lipinski definition) is 3. The first-order valence-corrected chi connectivity index (χ1v) is 3.17. The van der Waals surface area contributed by atoms with Gasteiger partial charge in [-0.3, -0.25) is 0 Å². The van der Waals surface area contributed by atoms with Gasteiger partial charge in [0.25, 0.3) is 0 Å². The van der Waals surface area contributed by atoms with Crippen molar-refractivity contribution in [1.29, 1.82) is 0 Å². The molecule has 1 aliphatic rings. The molecule has 1 atom stereocenters. The standard InChI is InChI=1S/C6H13NO2/c1-6(8-2)5-7-3-4-9-6/h7H,3-5H2,1-2H3/t6-/m0/s1. The summed E-state index contributed by atoms with van der Waals surface area (Å²) in [6.45, 7) is 4.38. The van der Waals surface area contributed by atoms with Gasteiger partial charge in [-0.15, -0.1) is 0 Å². The van der Waals surface area contributed by atoms with Gasteiger partial charge in [0.05, 0.1) is 6.61 Å². The predicted octanol–water partition coefficient (Wildman–Crippen LogP) is -0.0312. The Kier molecular flexibility index (Phi) is 2.05. The van der Waals surface area contributed by atoms with Crippen LogP contribution in [0.25, 0.3) is 0 Å². The Morgan fingerprint density at radius 2 is 2.44 bits per heavy atom. The zero-order valence-corrected chi connectivity index (χ0v) is 5.94. The van der Waals surface area contributed by atoms with Crippen LogP contribution in [-0.4, -0.2) is 32.6 Å². The van der Waals surface area contributed by atoms with Crippen LogP contribution in [0.3, 0.4) is 0 Å². The monoisotopic (exact) mass is 131 g/mol. The van der Waals surface area contributed by atoms with Gasteiger partial charge in [-0.2, -0.15) is 0 Å². The van der Waals surface area contributed by atoms with Crippen LogP contribution >= 0.6 is 0 Å². The molecule has 0 spiro atoms. The third kappa shape index (κ3) is 1.64. The fraction of sp³-hybridized carbons (Fsp3) is 1.00. The van der Waals surface area contributed by atoms with Crippen molar-refractivity contribution < 1.29 is 9.47 Å². The number of nitrogens with one attached hydrogen (secondary N) is 1. The van der Waals surface area contributed by atoms with Crippen molar-refractivity contribution >= 4 is 0 Å². The van der Waals surface area contributed by atoms with Crippen LogP contribution < -0.4 is 5.32 Å². The molecule has 9 heavy (non-hydrogen) atoms. The van der Waals surface area contributed by atoms with Gasteiger partial charge in [0, 0.05) is 20.2 Å². The van der Waals surface area contributed by atoms with Crippen molar-refractivity contribution in [2.75, 3.05) is 26.8 Å². The summed E-state index contributed by atoms with van der Waals surface area (Å²) >= 11 is 0. The van der Waals surface area contributed by atoms with Gasteiger partial charge in [-0.1, -0.05) is 0 Å². The second kappa shape index (κ2) is 2.64. The molecule has 1 N–H and O–H groups in total. The van der Waals surface area contributed by atoms with Crippen molar-refractivity contribution in [1.82, 2.24) is 5.32 Å². The molecular formula is C6H13NO2. The molecule has 1 aliphatic heterocycles. The van der Waals surface area contributed by atoms with Crippen LogP contribution in [0.4, 0.5) is 0 Å². The van der Waals surface area contributed by atoms with E-state index < -0.39 is 5.79 Å². The summed E-state index contributed by atoms with van der Waals surface area (Å²) in [4.78, 5) is 0. The Hall–Kier alpha value is -0.120. The molecule has 0 aromatic rings. The van der Waals surface area contributed by atoms with Crippen LogP contribution in [0.2, 0.25) is 0 Å². The number of ether oxygens (including phenoxy) is 2. The van der Waals surface area contributed by atoms with Gasteiger partial charge < -0.3 is 14.8 Å². The molecule has 0 saturated carbocycles. The molecule has 0 amide bonds. The van der Waals surface area contributed by atoms with Crippen LogP contribution in [-0.2, 0) is 9.47 Å². The molecule has 0 aromatic carbocycles. The van der Waals surface area contributed by atoms with Crippen LogP contribution in [0.5, 0.6) is 0 Å². The van der Waals surface area contributed by atoms with Gasteiger partial charge in [-0.05, 0) is 6.92 Å². The molecule has 0 radical (unpaired) electrons. The van der Waals surface area contributed by atoms with E-state index >= 15 is 0 Å². The first-order valence-electron chi connectivity index (χ1n) is 3.17. The second-order valence-electron chi connectivity index (χ2n) is 2.36. The minimum Gasteiger partial charge on any atom is -0.352 e. The summed E-state index contributed by atoms with van der Waals surface area (Å²) in [5.74, 6) is -0.391. The van der Waals surface area contributed by atoms with Gasteiger partial charge in [0.2, 0.25) is 0 Å². The van der Waals surface area contributed by atoms with E-state index in [0.717, 1.165) is 19.7 Å². The Balaban J connectivity index is 2.37. The van der Waals surface area contributed by atoms with Gasteiger partial charge in [0.1, 0.15) is 0 Å². The quantitative estimate of drug-likeness (QED) is 0.542. The summed E-state index contributed by atoms with van der Waals surface area (Å²) in [7, 11) is 1.66. The van der Waals surface area contributed by atoms with Crippen molar-refractivity contribution in [2.24, 2.45) is 0 Å². The minimum atomic E-state index is -0.391. The highest BCUT2D eigenvalue weighted by Gasteiger charge is 2.26. The van der Waals surface area contributed by atoms with Crippen molar-refractivity contribution in [3.63, 3.8) is 0 Å². The van der Waals surface area contributed by atoms with E-state index in [0.29, 0.717) is 0 Å². The molecule has 1 heterocycles. The number of methoxy groups -OCH3 is 1. The zero-order chi connectivity index (χ0) is 6.74. The van der Waals surface area contributed by atoms with Crippen molar-refractivity contribution in [2.45, 2.75) is 12.7 Å². The lowest BCUT2D eigenvalue weighted by molar-refractivity contribution is -0.219. The Labute approximate surface area is 55.3 Å². The number of hydrogen-bond donors (Lipinski definition) is 1. The van der Waals surface area contributed by atoms with Gasteiger partial charge in [-0.25, -0.2) is 0 Å². The third-order valence-electron chi connectivity index (χ3n) is 1.56. The number of rotatable bonds is 1. The topological polar surface area (TPSA) is 30.5 Å². The normalized spacial score (nSPS) is 36.7. The largest absolute Gasteiger partial charge is 0.352 e. The van der Waals surface area contributed by atoms with Crippen molar-refractivity contribution in [3.05, 3.63) is 0 Å².